The summed E-state index contributed by atoms with van der Waals surface area (Å²) in [6, 6.07) is 13.1. The van der Waals surface area contributed by atoms with Crippen molar-refractivity contribution in [3.8, 4) is 11.4 Å². The minimum absolute atomic E-state index is 0.0245. The van der Waals surface area contributed by atoms with Crippen molar-refractivity contribution in [3.05, 3.63) is 53.6 Å². The van der Waals surface area contributed by atoms with E-state index in [0.717, 1.165) is 37.6 Å². The van der Waals surface area contributed by atoms with E-state index in [1.54, 1.807) is 6.07 Å². The normalized spacial score (nSPS) is 13.6. The standard InChI is InChI=1S/C21H20ClF2N5O2S/c22-14-4-3-5-16(12-14)29-20(28-10-1-2-11-28)26-27-21(29)32-13-18(30)25-15-6-8-17(9-7-15)31-19(23)24/h3-9,12,19H,1-2,10-11,13H2,(H,25,30). The highest BCUT2D eigenvalue weighted by molar-refractivity contribution is 7.99. The molecule has 1 aliphatic rings. The summed E-state index contributed by atoms with van der Waals surface area (Å²) >= 11 is 7.44. The van der Waals surface area contributed by atoms with Crippen LogP contribution in [-0.2, 0) is 4.79 Å². The fourth-order valence-electron chi connectivity index (χ4n) is 3.37. The number of hydrogen-bond acceptors (Lipinski definition) is 6. The second-order valence-corrected chi connectivity index (χ2v) is 8.41. The first kappa shape index (κ1) is 22.3. The lowest BCUT2D eigenvalue weighted by Gasteiger charge is -2.18. The molecule has 0 unspecified atom stereocenters. The Bertz CT molecular complexity index is 1070. The highest BCUT2D eigenvalue weighted by atomic mass is 35.5. The Labute approximate surface area is 192 Å². The van der Waals surface area contributed by atoms with Gasteiger partial charge in [0.15, 0.2) is 5.16 Å². The molecule has 0 radical (unpaired) electrons. The van der Waals surface area contributed by atoms with Crippen molar-refractivity contribution in [1.82, 2.24) is 14.8 Å². The Kier molecular flexibility index (Phi) is 7.11. The summed E-state index contributed by atoms with van der Waals surface area (Å²) in [5.74, 6) is 0.577. The van der Waals surface area contributed by atoms with E-state index in [2.05, 4.69) is 25.2 Å². The molecule has 0 atom stereocenters. The van der Waals surface area contributed by atoms with Crippen LogP contribution in [0.4, 0.5) is 20.4 Å². The van der Waals surface area contributed by atoms with Gasteiger partial charge in [-0.2, -0.15) is 8.78 Å². The Morgan fingerprint density at radius 2 is 1.91 bits per heavy atom. The third kappa shape index (κ3) is 5.49. The zero-order valence-corrected chi connectivity index (χ0v) is 18.5. The van der Waals surface area contributed by atoms with Gasteiger partial charge in [-0.15, -0.1) is 10.2 Å². The van der Waals surface area contributed by atoms with E-state index in [4.69, 9.17) is 11.6 Å². The van der Waals surface area contributed by atoms with Crippen molar-refractivity contribution in [2.75, 3.05) is 29.1 Å². The van der Waals surface area contributed by atoms with Gasteiger partial charge in [0.05, 0.1) is 11.4 Å². The van der Waals surface area contributed by atoms with Crippen LogP contribution in [0.2, 0.25) is 5.02 Å². The van der Waals surface area contributed by atoms with Crippen molar-refractivity contribution in [2.45, 2.75) is 24.6 Å². The van der Waals surface area contributed by atoms with E-state index in [1.807, 2.05) is 22.8 Å². The molecular formula is C21H20ClF2N5O2S. The maximum atomic E-state index is 12.4. The molecule has 1 saturated heterocycles. The number of alkyl halides is 2. The first-order valence-electron chi connectivity index (χ1n) is 9.93. The molecule has 0 bridgehead atoms. The van der Waals surface area contributed by atoms with Crippen LogP contribution in [0, 0.1) is 0 Å². The second-order valence-electron chi connectivity index (χ2n) is 7.03. The van der Waals surface area contributed by atoms with Crippen LogP contribution < -0.4 is 15.0 Å². The SMILES string of the molecule is O=C(CSc1nnc(N2CCCC2)n1-c1cccc(Cl)c1)Nc1ccc(OC(F)F)cc1. The minimum atomic E-state index is -2.89. The van der Waals surface area contributed by atoms with Gasteiger partial charge < -0.3 is 15.0 Å². The third-order valence-electron chi connectivity index (χ3n) is 4.77. The number of ether oxygens (including phenoxy) is 1. The highest BCUT2D eigenvalue weighted by Crippen LogP contribution is 2.29. The topological polar surface area (TPSA) is 72.3 Å². The molecule has 0 saturated carbocycles. The molecule has 1 aromatic heterocycles. The largest absolute Gasteiger partial charge is 0.435 e. The van der Waals surface area contributed by atoms with E-state index < -0.39 is 6.61 Å². The molecule has 2 aromatic carbocycles. The molecule has 32 heavy (non-hydrogen) atoms. The Morgan fingerprint density at radius 1 is 1.16 bits per heavy atom. The van der Waals surface area contributed by atoms with Crippen molar-refractivity contribution in [3.63, 3.8) is 0 Å². The van der Waals surface area contributed by atoms with Gasteiger partial charge in [-0.1, -0.05) is 29.4 Å². The fourth-order valence-corrected chi connectivity index (χ4v) is 4.30. The zero-order chi connectivity index (χ0) is 22.5. The van der Waals surface area contributed by atoms with E-state index >= 15 is 0 Å². The molecule has 0 spiro atoms. The van der Waals surface area contributed by atoms with Gasteiger partial charge >= 0.3 is 6.61 Å². The molecule has 0 aliphatic carbocycles. The van der Waals surface area contributed by atoms with Crippen molar-refractivity contribution >= 4 is 40.9 Å². The monoisotopic (exact) mass is 479 g/mol. The average molecular weight is 480 g/mol. The summed E-state index contributed by atoms with van der Waals surface area (Å²) in [6.45, 7) is -1.10. The molecule has 1 N–H and O–H groups in total. The second kappa shape index (κ2) is 10.2. The van der Waals surface area contributed by atoms with Crippen molar-refractivity contribution in [1.29, 1.82) is 0 Å². The quantitative estimate of drug-likeness (QED) is 0.465. The number of thioether (sulfide) groups is 1. The summed E-state index contributed by atoms with van der Waals surface area (Å²) in [4.78, 5) is 14.6. The van der Waals surface area contributed by atoms with Crippen LogP contribution in [0.3, 0.4) is 0 Å². The summed E-state index contributed by atoms with van der Waals surface area (Å²) in [6.07, 6.45) is 2.18. The summed E-state index contributed by atoms with van der Waals surface area (Å²) in [5.41, 5.74) is 1.30. The van der Waals surface area contributed by atoms with Crippen LogP contribution in [0.1, 0.15) is 12.8 Å². The lowest BCUT2D eigenvalue weighted by atomic mass is 10.3. The number of carbonyl (C=O) groups is 1. The van der Waals surface area contributed by atoms with E-state index in [1.165, 1.54) is 36.0 Å². The molecule has 1 aliphatic heterocycles. The lowest BCUT2D eigenvalue weighted by Crippen LogP contribution is -2.22. The Morgan fingerprint density at radius 3 is 2.59 bits per heavy atom. The molecule has 1 amide bonds. The maximum Gasteiger partial charge on any atom is 0.387 e. The zero-order valence-electron chi connectivity index (χ0n) is 16.9. The number of anilines is 2. The van der Waals surface area contributed by atoms with Gasteiger partial charge in [-0.3, -0.25) is 9.36 Å². The number of nitrogens with zero attached hydrogens (tertiary/aromatic N) is 4. The highest BCUT2D eigenvalue weighted by Gasteiger charge is 2.23. The van der Waals surface area contributed by atoms with Crippen LogP contribution in [0.5, 0.6) is 5.75 Å². The number of benzene rings is 2. The van der Waals surface area contributed by atoms with Crippen molar-refractivity contribution < 1.29 is 18.3 Å². The van der Waals surface area contributed by atoms with E-state index in [9.17, 15) is 13.6 Å². The van der Waals surface area contributed by atoms with Gasteiger partial charge in [0, 0.05) is 23.8 Å². The van der Waals surface area contributed by atoms with Gasteiger partial charge in [-0.05, 0) is 55.3 Å². The van der Waals surface area contributed by atoms with Crippen LogP contribution in [-0.4, -0.2) is 46.1 Å². The fraction of sp³-hybridized carbons (Fsp3) is 0.286. The van der Waals surface area contributed by atoms with Crippen LogP contribution >= 0.6 is 23.4 Å². The number of nitrogens with one attached hydrogen (secondary N) is 1. The molecule has 3 aromatic rings. The minimum Gasteiger partial charge on any atom is -0.435 e. The van der Waals surface area contributed by atoms with E-state index in [-0.39, 0.29) is 17.4 Å². The number of amides is 1. The van der Waals surface area contributed by atoms with Crippen LogP contribution in [0.15, 0.2) is 53.7 Å². The van der Waals surface area contributed by atoms with Gasteiger partial charge in [0.25, 0.3) is 0 Å². The molecule has 4 rings (SSSR count). The summed E-state index contributed by atoms with van der Waals surface area (Å²) in [7, 11) is 0. The predicted molar refractivity (Wildman–Crippen MR) is 120 cm³/mol. The molecule has 1 fully saturated rings. The van der Waals surface area contributed by atoms with E-state index in [0.29, 0.717) is 15.9 Å². The van der Waals surface area contributed by atoms with Gasteiger partial charge in [0.2, 0.25) is 11.9 Å². The predicted octanol–water partition coefficient (Wildman–Crippen LogP) is 4.85. The van der Waals surface area contributed by atoms with Crippen molar-refractivity contribution in [2.24, 2.45) is 0 Å². The molecule has 11 heteroatoms. The molecular weight excluding hydrogens is 460 g/mol. The average Bonchev–Trinajstić information content (AvgIpc) is 3.43. The number of rotatable bonds is 8. The molecule has 7 nitrogen and oxygen atoms in total. The van der Waals surface area contributed by atoms with Gasteiger partial charge in [0.1, 0.15) is 5.75 Å². The Hall–Kier alpha value is -2.85. The number of halogens is 3. The first-order chi connectivity index (χ1) is 15.5. The number of aromatic nitrogens is 3. The Balaban J connectivity index is 1.46. The number of hydrogen-bond donors (Lipinski definition) is 1. The third-order valence-corrected chi connectivity index (χ3v) is 5.93. The summed E-state index contributed by atoms with van der Waals surface area (Å²) < 4.78 is 30.7. The maximum absolute atomic E-state index is 12.4. The molecule has 168 valence electrons. The summed E-state index contributed by atoms with van der Waals surface area (Å²) in [5, 5.41) is 12.6. The smallest absolute Gasteiger partial charge is 0.387 e. The lowest BCUT2D eigenvalue weighted by molar-refractivity contribution is -0.113. The number of carbonyl (C=O) groups excluding carboxylic acids is 1. The van der Waals surface area contributed by atoms with Gasteiger partial charge in [-0.25, -0.2) is 0 Å². The first-order valence-corrected chi connectivity index (χ1v) is 11.3. The van der Waals surface area contributed by atoms with Crippen LogP contribution in [0.25, 0.3) is 5.69 Å². The molecule has 2 heterocycles.